The van der Waals surface area contributed by atoms with Crippen LogP contribution in [0.3, 0.4) is 0 Å². The highest BCUT2D eigenvalue weighted by molar-refractivity contribution is 6.06. The normalized spacial score (nSPS) is 20.8. The number of nitrogens with one attached hydrogen (secondary N) is 2. The number of nitrogens with zero attached hydrogens (tertiary/aromatic N) is 1. The quantitative estimate of drug-likeness (QED) is 0.491. The third-order valence-electron chi connectivity index (χ3n) is 6.94. The Kier molecular flexibility index (Phi) is 6.17. The minimum Gasteiger partial charge on any atom is -0.488 e. The lowest BCUT2D eigenvalue weighted by molar-refractivity contribution is -0.118. The van der Waals surface area contributed by atoms with E-state index >= 15 is 0 Å². The van der Waals surface area contributed by atoms with Crippen LogP contribution in [0.15, 0.2) is 72.8 Å². The molecule has 1 aliphatic carbocycles. The Hall–Kier alpha value is -3.68. The van der Waals surface area contributed by atoms with E-state index in [9.17, 15) is 9.59 Å². The summed E-state index contributed by atoms with van der Waals surface area (Å²) in [5.41, 5.74) is 3.89. The minimum absolute atomic E-state index is 0.114. The van der Waals surface area contributed by atoms with Crippen molar-refractivity contribution in [3.05, 3.63) is 78.4 Å². The van der Waals surface area contributed by atoms with Gasteiger partial charge in [-0.1, -0.05) is 42.5 Å². The van der Waals surface area contributed by atoms with Crippen LogP contribution in [0.4, 0.5) is 11.4 Å². The van der Waals surface area contributed by atoms with E-state index in [1.807, 2.05) is 42.5 Å². The number of benzene rings is 3. The van der Waals surface area contributed by atoms with Gasteiger partial charge < -0.3 is 20.1 Å². The molecule has 0 spiro atoms. The first-order valence-corrected chi connectivity index (χ1v) is 12.5. The van der Waals surface area contributed by atoms with Crippen LogP contribution in [0, 0.1) is 0 Å². The first kappa shape index (κ1) is 22.8. The van der Waals surface area contributed by atoms with Gasteiger partial charge in [0.2, 0.25) is 5.91 Å². The summed E-state index contributed by atoms with van der Waals surface area (Å²) in [6.45, 7) is 1.78. The van der Waals surface area contributed by atoms with Crippen molar-refractivity contribution in [2.75, 3.05) is 30.3 Å². The molecular weight excluding hydrogens is 454 g/mol. The fourth-order valence-electron chi connectivity index (χ4n) is 4.86. The number of carbonyl (C=O) groups excluding carboxylic acids is 2. The second-order valence-electron chi connectivity index (χ2n) is 9.75. The lowest BCUT2D eigenvalue weighted by atomic mass is 10.1. The molecule has 7 heteroatoms. The van der Waals surface area contributed by atoms with E-state index in [0.717, 1.165) is 36.9 Å². The number of ether oxygens (including phenoxy) is 2. The topological polar surface area (TPSA) is 79.9 Å². The first-order chi connectivity index (χ1) is 17.6. The van der Waals surface area contributed by atoms with Crippen molar-refractivity contribution >= 4 is 23.2 Å². The van der Waals surface area contributed by atoms with E-state index in [1.54, 1.807) is 18.2 Å². The molecule has 2 N–H and O–H groups in total. The summed E-state index contributed by atoms with van der Waals surface area (Å²) in [7, 11) is 0. The van der Waals surface area contributed by atoms with Gasteiger partial charge in [0.1, 0.15) is 5.75 Å². The maximum atomic E-state index is 13.0. The first-order valence-electron chi connectivity index (χ1n) is 12.5. The molecule has 3 aromatic rings. The Morgan fingerprint density at radius 2 is 1.72 bits per heavy atom. The van der Waals surface area contributed by atoms with Crippen molar-refractivity contribution in [1.29, 1.82) is 0 Å². The van der Waals surface area contributed by atoms with E-state index in [1.165, 1.54) is 0 Å². The van der Waals surface area contributed by atoms with Gasteiger partial charge in [0.15, 0.2) is 0 Å². The zero-order chi connectivity index (χ0) is 24.5. The minimum atomic E-state index is -0.245. The Bertz CT molecular complexity index is 1260. The average molecular weight is 484 g/mol. The SMILES string of the molecule is O=C(CN1CC2C[C@H]1CO2)Nc1cc(C(=O)Nc2ccc(-c3ccccc3)cc2)ccc1OC1CC1. The molecule has 36 heavy (non-hydrogen) atoms. The van der Waals surface area contributed by atoms with Gasteiger partial charge in [0.25, 0.3) is 5.91 Å². The van der Waals surface area contributed by atoms with Crippen LogP contribution in [0.2, 0.25) is 0 Å². The third-order valence-corrected chi connectivity index (χ3v) is 6.94. The molecule has 3 fully saturated rings. The highest BCUT2D eigenvalue weighted by Gasteiger charge is 2.39. The van der Waals surface area contributed by atoms with Crippen molar-refractivity contribution in [3.63, 3.8) is 0 Å². The summed E-state index contributed by atoms with van der Waals surface area (Å²) < 4.78 is 11.6. The monoisotopic (exact) mass is 483 g/mol. The number of morpholine rings is 1. The molecule has 1 unspecified atom stereocenters. The molecule has 2 bridgehead atoms. The number of hydrogen-bond acceptors (Lipinski definition) is 5. The predicted octanol–water partition coefficient (Wildman–Crippen LogP) is 4.56. The lowest BCUT2D eigenvalue weighted by Crippen LogP contribution is -2.41. The second-order valence-corrected chi connectivity index (χ2v) is 9.75. The molecular formula is C29H29N3O4. The molecule has 1 saturated carbocycles. The van der Waals surface area contributed by atoms with Gasteiger partial charge in [-0.2, -0.15) is 0 Å². The Morgan fingerprint density at radius 3 is 2.42 bits per heavy atom. The number of likely N-dealkylation sites (tertiary alicyclic amines) is 1. The smallest absolute Gasteiger partial charge is 0.255 e. The number of fused-ring (bicyclic) bond motifs is 2. The molecule has 2 amide bonds. The molecule has 2 saturated heterocycles. The van der Waals surface area contributed by atoms with Crippen LogP contribution in [0.5, 0.6) is 5.75 Å². The van der Waals surface area contributed by atoms with Crippen LogP contribution in [-0.4, -0.2) is 54.7 Å². The van der Waals surface area contributed by atoms with E-state index in [-0.39, 0.29) is 24.0 Å². The number of amides is 2. The number of anilines is 2. The van der Waals surface area contributed by atoms with Crippen LogP contribution in [-0.2, 0) is 9.53 Å². The van der Waals surface area contributed by atoms with Gasteiger partial charge in [0.05, 0.1) is 31.0 Å². The number of hydrogen-bond donors (Lipinski definition) is 2. The van der Waals surface area contributed by atoms with Crippen molar-refractivity contribution < 1.29 is 19.1 Å². The third kappa shape index (κ3) is 5.12. The van der Waals surface area contributed by atoms with Gasteiger partial charge >= 0.3 is 0 Å². The number of rotatable bonds is 8. The molecule has 2 aliphatic heterocycles. The molecule has 6 rings (SSSR count). The molecule has 0 aromatic heterocycles. The van der Waals surface area contributed by atoms with E-state index in [2.05, 4.69) is 27.7 Å². The van der Waals surface area contributed by atoms with Crippen LogP contribution < -0.4 is 15.4 Å². The highest BCUT2D eigenvalue weighted by Crippen LogP contribution is 2.34. The van der Waals surface area contributed by atoms with Gasteiger partial charge in [-0.3, -0.25) is 14.5 Å². The average Bonchev–Trinajstić information content (AvgIpc) is 3.47. The van der Waals surface area contributed by atoms with Gasteiger partial charge in [-0.15, -0.1) is 0 Å². The molecule has 0 radical (unpaired) electrons. The fourth-order valence-corrected chi connectivity index (χ4v) is 4.86. The Labute approximate surface area is 210 Å². The zero-order valence-corrected chi connectivity index (χ0v) is 20.0. The predicted molar refractivity (Wildman–Crippen MR) is 138 cm³/mol. The maximum Gasteiger partial charge on any atom is 0.255 e. The lowest BCUT2D eigenvalue weighted by Gasteiger charge is -2.26. The van der Waals surface area contributed by atoms with Crippen LogP contribution in [0.25, 0.3) is 11.1 Å². The summed E-state index contributed by atoms with van der Waals surface area (Å²) in [6.07, 6.45) is 3.42. The van der Waals surface area contributed by atoms with Crippen molar-refractivity contribution in [2.24, 2.45) is 0 Å². The number of carbonyl (C=O) groups is 2. The van der Waals surface area contributed by atoms with Crippen LogP contribution >= 0.6 is 0 Å². The summed E-state index contributed by atoms with van der Waals surface area (Å²) in [5.74, 6) is 0.239. The van der Waals surface area contributed by atoms with Crippen molar-refractivity contribution in [2.45, 2.75) is 37.5 Å². The highest BCUT2D eigenvalue weighted by atomic mass is 16.5. The van der Waals surface area contributed by atoms with E-state index < -0.39 is 0 Å². The summed E-state index contributed by atoms with van der Waals surface area (Å²) in [4.78, 5) is 28.1. The Balaban J connectivity index is 1.14. The zero-order valence-electron chi connectivity index (χ0n) is 20.0. The maximum absolute atomic E-state index is 13.0. The van der Waals surface area contributed by atoms with Crippen molar-refractivity contribution in [1.82, 2.24) is 4.90 Å². The molecule has 184 valence electrons. The molecule has 2 atom stereocenters. The summed E-state index contributed by atoms with van der Waals surface area (Å²) >= 11 is 0. The van der Waals surface area contributed by atoms with Crippen LogP contribution in [0.1, 0.15) is 29.6 Å². The molecule has 2 heterocycles. The molecule has 3 aromatic carbocycles. The second kappa shape index (κ2) is 9.76. The van der Waals surface area contributed by atoms with E-state index in [4.69, 9.17) is 9.47 Å². The molecule has 7 nitrogen and oxygen atoms in total. The summed E-state index contributed by atoms with van der Waals surface area (Å²) in [5, 5.41) is 5.94. The fraction of sp³-hybridized carbons (Fsp3) is 0.310. The van der Waals surface area contributed by atoms with Gasteiger partial charge in [-0.05, 0) is 60.7 Å². The van der Waals surface area contributed by atoms with Crippen molar-refractivity contribution in [3.8, 4) is 16.9 Å². The van der Waals surface area contributed by atoms with Gasteiger partial charge in [0, 0.05) is 23.8 Å². The summed E-state index contributed by atoms with van der Waals surface area (Å²) in [6, 6.07) is 23.4. The Morgan fingerprint density at radius 1 is 0.944 bits per heavy atom. The standard InChI is InChI=1S/C29H29N3O4/c33-28(17-32-16-25-15-23(32)18-35-25)31-26-14-21(8-13-27(26)36-24-11-12-24)29(34)30-22-9-6-20(7-10-22)19-4-2-1-3-5-19/h1-10,13-14,23-25H,11-12,15-18H2,(H,30,34)(H,31,33)/t23-,25?/m0/s1. The molecule has 3 aliphatic rings. The van der Waals surface area contributed by atoms with E-state index in [0.29, 0.717) is 41.9 Å². The van der Waals surface area contributed by atoms with Gasteiger partial charge in [-0.25, -0.2) is 0 Å². The largest absolute Gasteiger partial charge is 0.488 e.